The van der Waals surface area contributed by atoms with Crippen molar-refractivity contribution in [2.75, 3.05) is 19.0 Å². The molecule has 0 aliphatic heterocycles. The minimum absolute atomic E-state index is 0.0412. The Morgan fingerprint density at radius 1 is 1.03 bits per heavy atom. The lowest BCUT2D eigenvalue weighted by Crippen LogP contribution is -2.16. The maximum atomic E-state index is 13.3. The average molecular weight is 464 g/mol. The molecule has 0 fully saturated rings. The quantitative estimate of drug-likeness (QED) is 0.329. The number of hydrogen-bond donors (Lipinski definition) is 1. The summed E-state index contributed by atoms with van der Waals surface area (Å²) in [6, 6.07) is 19.2. The van der Waals surface area contributed by atoms with E-state index in [9.17, 15) is 9.59 Å². The highest BCUT2D eigenvalue weighted by molar-refractivity contribution is 6.32. The monoisotopic (exact) mass is 463 g/mol. The van der Waals surface area contributed by atoms with Gasteiger partial charge in [-0.2, -0.15) is 0 Å². The van der Waals surface area contributed by atoms with Crippen LogP contribution in [0.5, 0.6) is 11.5 Å². The maximum Gasteiger partial charge on any atom is 0.230 e. The molecule has 0 unspecified atom stereocenters. The second-order valence-electron chi connectivity index (χ2n) is 7.28. The predicted octanol–water partition coefficient (Wildman–Crippen LogP) is 5.91. The molecule has 0 aliphatic rings. The molecule has 0 aliphatic carbocycles. The zero-order chi connectivity index (χ0) is 23.4. The summed E-state index contributed by atoms with van der Waals surface area (Å²) in [5.74, 6) is 0.580. The first-order valence-corrected chi connectivity index (χ1v) is 10.8. The van der Waals surface area contributed by atoms with Crippen molar-refractivity contribution in [1.29, 1.82) is 0 Å². The van der Waals surface area contributed by atoms with E-state index in [1.807, 2.05) is 25.1 Å². The van der Waals surface area contributed by atoms with E-state index >= 15 is 0 Å². The van der Waals surface area contributed by atoms with E-state index in [0.29, 0.717) is 45.3 Å². The number of carbonyl (C=O) groups is 2. The van der Waals surface area contributed by atoms with Gasteiger partial charge in [-0.05, 0) is 55.0 Å². The van der Waals surface area contributed by atoms with Crippen LogP contribution in [-0.2, 0) is 11.2 Å². The standard InChI is InChI=1S/C26H22ClNO5/c1-3-32-22-13-10-17(15-20(22)27)25(30)26-24(19-6-4-5-7-21(19)33-26)28-23(29)14-16-8-11-18(31-2)12-9-16/h4-13,15H,3,14H2,1-2H3,(H,28,29). The molecule has 1 N–H and O–H groups in total. The number of halogens is 1. The van der Waals surface area contributed by atoms with E-state index in [0.717, 1.165) is 5.56 Å². The molecule has 0 saturated carbocycles. The Kier molecular flexibility index (Phi) is 6.66. The lowest BCUT2D eigenvalue weighted by Gasteiger charge is -2.09. The van der Waals surface area contributed by atoms with Crippen LogP contribution in [0.15, 0.2) is 71.1 Å². The summed E-state index contributed by atoms with van der Waals surface area (Å²) in [4.78, 5) is 26.1. The smallest absolute Gasteiger partial charge is 0.230 e. The molecule has 0 radical (unpaired) electrons. The fourth-order valence-corrected chi connectivity index (χ4v) is 3.72. The summed E-state index contributed by atoms with van der Waals surface area (Å²) in [5.41, 5.74) is 1.97. The summed E-state index contributed by atoms with van der Waals surface area (Å²) >= 11 is 6.27. The Labute approximate surface area is 196 Å². The van der Waals surface area contributed by atoms with Crippen molar-refractivity contribution >= 4 is 39.9 Å². The normalized spacial score (nSPS) is 10.8. The molecule has 1 heterocycles. The number of carbonyl (C=O) groups excluding carboxylic acids is 2. The third-order valence-electron chi connectivity index (χ3n) is 5.08. The van der Waals surface area contributed by atoms with Crippen LogP contribution in [0.3, 0.4) is 0 Å². The van der Waals surface area contributed by atoms with E-state index in [-0.39, 0.29) is 18.1 Å². The van der Waals surface area contributed by atoms with Crippen molar-refractivity contribution in [3.8, 4) is 11.5 Å². The second kappa shape index (κ2) is 9.79. The predicted molar refractivity (Wildman–Crippen MR) is 128 cm³/mol. The van der Waals surface area contributed by atoms with Crippen LogP contribution >= 0.6 is 11.6 Å². The second-order valence-corrected chi connectivity index (χ2v) is 7.69. The van der Waals surface area contributed by atoms with E-state index in [1.165, 1.54) is 6.07 Å². The first-order chi connectivity index (χ1) is 16.0. The Morgan fingerprint density at radius 3 is 2.48 bits per heavy atom. The highest BCUT2D eigenvalue weighted by Gasteiger charge is 2.24. The molecule has 1 amide bonds. The van der Waals surface area contributed by atoms with Crippen molar-refractivity contribution < 1.29 is 23.5 Å². The van der Waals surface area contributed by atoms with Gasteiger partial charge in [-0.25, -0.2) is 0 Å². The third-order valence-corrected chi connectivity index (χ3v) is 5.38. The van der Waals surface area contributed by atoms with Gasteiger partial charge in [-0.3, -0.25) is 9.59 Å². The fourth-order valence-electron chi connectivity index (χ4n) is 3.49. The van der Waals surface area contributed by atoms with Crippen LogP contribution in [0, 0.1) is 0 Å². The van der Waals surface area contributed by atoms with Gasteiger partial charge >= 0.3 is 0 Å². The van der Waals surface area contributed by atoms with Crippen LogP contribution in [-0.4, -0.2) is 25.4 Å². The van der Waals surface area contributed by atoms with Gasteiger partial charge in [0.2, 0.25) is 11.7 Å². The van der Waals surface area contributed by atoms with Crippen LogP contribution in [0.2, 0.25) is 5.02 Å². The molecule has 7 heteroatoms. The third kappa shape index (κ3) is 4.86. The molecular formula is C26H22ClNO5. The van der Waals surface area contributed by atoms with Crippen molar-refractivity contribution in [1.82, 2.24) is 0 Å². The van der Waals surface area contributed by atoms with Crippen molar-refractivity contribution in [3.63, 3.8) is 0 Å². The van der Waals surface area contributed by atoms with Gasteiger partial charge in [0.15, 0.2) is 5.76 Å². The SMILES string of the molecule is CCOc1ccc(C(=O)c2oc3ccccc3c2NC(=O)Cc2ccc(OC)cc2)cc1Cl. The van der Waals surface area contributed by atoms with E-state index < -0.39 is 5.78 Å². The van der Waals surface area contributed by atoms with E-state index in [2.05, 4.69) is 5.32 Å². The summed E-state index contributed by atoms with van der Waals surface area (Å²) in [5, 5.41) is 3.83. The van der Waals surface area contributed by atoms with Gasteiger partial charge in [0, 0.05) is 10.9 Å². The minimum Gasteiger partial charge on any atom is -0.497 e. The largest absolute Gasteiger partial charge is 0.497 e. The highest BCUT2D eigenvalue weighted by Crippen LogP contribution is 2.34. The number of methoxy groups -OCH3 is 1. The number of benzene rings is 3. The zero-order valence-corrected chi connectivity index (χ0v) is 18.9. The number of ether oxygens (including phenoxy) is 2. The molecule has 0 atom stereocenters. The minimum atomic E-state index is -0.393. The Morgan fingerprint density at radius 2 is 1.79 bits per heavy atom. The average Bonchev–Trinajstić information content (AvgIpc) is 3.18. The van der Waals surface area contributed by atoms with Gasteiger partial charge in [0.25, 0.3) is 0 Å². The number of anilines is 1. The fraction of sp³-hybridized carbons (Fsp3) is 0.154. The number of para-hydroxylation sites is 1. The van der Waals surface area contributed by atoms with Crippen LogP contribution in [0.1, 0.15) is 28.6 Å². The number of furan rings is 1. The van der Waals surface area contributed by atoms with Crippen molar-refractivity contribution in [2.24, 2.45) is 0 Å². The summed E-state index contributed by atoms with van der Waals surface area (Å²) in [6.07, 6.45) is 0.131. The topological polar surface area (TPSA) is 77.8 Å². The Bertz CT molecular complexity index is 1310. The first-order valence-electron chi connectivity index (χ1n) is 10.4. The number of rotatable bonds is 8. The number of ketones is 1. The van der Waals surface area contributed by atoms with Gasteiger partial charge in [-0.1, -0.05) is 35.9 Å². The van der Waals surface area contributed by atoms with Gasteiger partial charge in [0.05, 0.1) is 30.8 Å². The van der Waals surface area contributed by atoms with Crippen molar-refractivity contribution in [2.45, 2.75) is 13.3 Å². The maximum absolute atomic E-state index is 13.3. The number of nitrogens with one attached hydrogen (secondary N) is 1. The highest BCUT2D eigenvalue weighted by atomic mass is 35.5. The summed E-state index contributed by atoms with van der Waals surface area (Å²) in [7, 11) is 1.59. The number of fused-ring (bicyclic) bond motifs is 1. The molecular weight excluding hydrogens is 442 g/mol. The van der Waals surface area contributed by atoms with E-state index in [1.54, 1.807) is 49.6 Å². The number of amides is 1. The molecule has 0 bridgehead atoms. The summed E-state index contributed by atoms with van der Waals surface area (Å²) < 4.78 is 16.5. The zero-order valence-electron chi connectivity index (χ0n) is 18.2. The van der Waals surface area contributed by atoms with Crippen LogP contribution in [0.4, 0.5) is 5.69 Å². The van der Waals surface area contributed by atoms with Gasteiger partial charge in [-0.15, -0.1) is 0 Å². The molecule has 0 spiro atoms. The van der Waals surface area contributed by atoms with Gasteiger partial charge in [0.1, 0.15) is 17.1 Å². The van der Waals surface area contributed by atoms with Crippen LogP contribution < -0.4 is 14.8 Å². The molecule has 3 aromatic carbocycles. The molecule has 4 rings (SSSR count). The molecule has 6 nitrogen and oxygen atoms in total. The molecule has 168 valence electrons. The lowest BCUT2D eigenvalue weighted by molar-refractivity contribution is -0.115. The number of hydrogen-bond acceptors (Lipinski definition) is 5. The molecule has 1 aromatic heterocycles. The van der Waals surface area contributed by atoms with Crippen molar-refractivity contribution in [3.05, 3.63) is 88.6 Å². The van der Waals surface area contributed by atoms with E-state index in [4.69, 9.17) is 25.5 Å². The lowest BCUT2D eigenvalue weighted by atomic mass is 10.1. The molecule has 4 aromatic rings. The Hall–Kier alpha value is -3.77. The Balaban J connectivity index is 1.64. The molecule has 0 saturated heterocycles. The molecule has 33 heavy (non-hydrogen) atoms. The van der Waals surface area contributed by atoms with Crippen LogP contribution in [0.25, 0.3) is 11.0 Å². The van der Waals surface area contributed by atoms with Gasteiger partial charge < -0.3 is 19.2 Å². The summed E-state index contributed by atoms with van der Waals surface area (Å²) in [6.45, 7) is 2.31. The first kappa shape index (κ1) is 22.4.